The van der Waals surface area contributed by atoms with Gasteiger partial charge in [-0.1, -0.05) is 50.6 Å². The molecule has 2 atom stereocenters. The highest BCUT2D eigenvalue weighted by molar-refractivity contribution is 5.85. The Morgan fingerprint density at radius 1 is 1.20 bits per heavy atom. The molecule has 2 N–H and O–H groups in total. The summed E-state index contributed by atoms with van der Waals surface area (Å²) in [7, 11) is 0. The van der Waals surface area contributed by atoms with Crippen LogP contribution in [0, 0.1) is 0 Å². The number of hydrogen-bond donors (Lipinski definition) is 2. The molecule has 0 radical (unpaired) electrons. The minimum absolute atomic E-state index is 0. The molecule has 2 rings (SSSR count). The predicted octanol–water partition coefficient (Wildman–Crippen LogP) is 3.04. The molecular formula is C19H33Cl2N3O. The Kier molecular flexibility index (Phi) is 13.0. The van der Waals surface area contributed by atoms with Crippen LogP contribution in [0.1, 0.15) is 38.7 Å². The molecule has 0 aliphatic carbocycles. The Morgan fingerprint density at radius 2 is 1.88 bits per heavy atom. The van der Waals surface area contributed by atoms with Gasteiger partial charge in [-0.3, -0.25) is 9.69 Å². The van der Waals surface area contributed by atoms with Crippen LogP contribution in [-0.4, -0.2) is 49.1 Å². The summed E-state index contributed by atoms with van der Waals surface area (Å²) in [6, 6.07) is 10.9. The molecule has 1 aliphatic rings. The van der Waals surface area contributed by atoms with Gasteiger partial charge >= 0.3 is 0 Å². The van der Waals surface area contributed by atoms with Crippen molar-refractivity contribution in [2.75, 3.05) is 26.2 Å². The van der Waals surface area contributed by atoms with Gasteiger partial charge in [0.1, 0.15) is 0 Å². The predicted molar refractivity (Wildman–Crippen MR) is 110 cm³/mol. The molecule has 1 saturated heterocycles. The van der Waals surface area contributed by atoms with E-state index in [4.69, 9.17) is 0 Å². The number of piperidine rings is 1. The smallest absolute Gasteiger partial charge is 0.237 e. The largest absolute Gasteiger partial charge is 0.353 e. The van der Waals surface area contributed by atoms with Crippen molar-refractivity contribution in [3.63, 3.8) is 0 Å². The molecule has 4 nitrogen and oxygen atoms in total. The van der Waals surface area contributed by atoms with E-state index in [9.17, 15) is 4.79 Å². The van der Waals surface area contributed by atoms with Crippen LogP contribution in [0.4, 0.5) is 0 Å². The van der Waals surface area contributed by atoms with E-state index in [1.54, 1.807) is 0 Å². The van der Waals surface area contributed by atoms with Gasteiger partial charge < -0.3 is 10.6 Å². The van der Waals surface area contributed by atoms with E-state index in [2.05, 4.69) is 53.6 Å². The van der Waals surface area contributed by atoms with Gasteiger partial charge in [0.05, 0.1) is 6.04 Å². The molecule has 0 bridgehead atoms. The number of nitrogens with zero attached hydrogens (tertiary/aromatic N) is 1. The van der Waals surface area contributed by atoms with Gasteiger partial charge in [-0.05, 0) is 44.5 Å². The third-order valence-corrected chi connectivity index (χ3v) is 4.78. The van der Waals surface area contributed by atoms with Crippen LogP contribution in [0.5, 0.6) is 0 Å². The maximum atomic E-state index is 12.4. The summed E-state index contributed by atoms with van der Waals surface area (Å²) in [5.74, 6) is 0.162. The Hall–Kier alpha value is -0.810. The Bertz CT molecular complexity index is 463. The second kappa shape index (κ2) is 13.4. The van der Waals surface area contributed by atoms with E-state index in [-0.39, 0.29) is 36.8 Å². The van der Waals surface area contributed by atoms with Crippen molar-refractivity contribution in [1.29, 1.82) is 0 Å². The van der Waals surface area contributed by atoms with Gasteiger partial charge in [-0.15, -0.1) is 24.8 Å². The Balaban J connectivity index is 0.00000288. The summed E-state index contributed by atoms with van der Waals surface area (Å²) in [6.07, 6.45) is 4.26. The average molecular weight is 390 g/mol. The van der Waals surface area contributed by atoms with Crippen molar-refractivity contribution in [3.05, 3.63) is 35.9 Å². The van der Waals surface area contributed by atoms with Crippen LogP contribution < -0.4 is 10.6 Å². The number of rotatable bonds is 8. The zero-order valence-electron chi connectivity index (χ0n) is 15.4. The molecule has 144 valence electrons. The van der Waals surface area contributed by atoms with Gasteiger partial charge in [0.15, 0.2) is 0 Å². The third-order valence-electron chi connectivity index (χ3n) is 4.78. The van der Waals surface area contributed by atoms with Crippen LogP contribution in [0.2, 0.25) is 0 Å². The molecule has 1 aromatic carbocycles. The lowest BCUT2D eigenvalue weighted by atomic mass is 10.0. The molecular weight excluding hydrogens is 357 g/mol. The van der Waals surface area contributed by atoms with Crippen molar-refractivity contribution in [2.24, 2.45) is 0 Å². The van der Waals surface area contributed by atoms with Crippen LogP contribution in [0.15, 0.2) is 30.3 Å². The minimum Gasteiger partial charge on any atom is -0.353 e. The van der Waals surface area contributed by atoms with Gasteiger partial charge in [0, 0.05) is 12.6 Å². The number of amides is 1. The molecule has 2 unspecified atom stereocenters. The number of halogens is 2. The van der Waals surface area contributed by atoms with Gasteiger partial charge in [0.2, 0.25) is 5.91 Å². The van der Waals surface area contributed by atoms with Crippen molar-refractivity contribution in [2.45, 2.75) is 51.6 Å². The van der Waals surface area contributed by atoms with Crippen LogP contribution >= 0.6 is 24.8 Å². The number of hydrogen-bond acceptors (Lipinski definition) is 3. The first-order valence-corrected chi connectivity index (χ1v) is 9.03. The second-order valence-corrected chi connectivity index (χ2v) is 6.31. The second-order valence-electron chi connectivity index (χ2n) is 6.31. The summed E-state index contributed by atoms with van der Waals surface area (Å²) < 4.78 is 0. The quantitative estimate of drug-likeness (QED) is 0.717. The first kappa shape index (κ1) is 24.2. The normalized spacial score (nSPS) is 18.0. The van der Waals surface area contributed by atoms with E-state index < -0.39 is 0 Å². The maximum absolute atomic E-state index is 12.4. The number of carbonyl (C=O) groups is 1. The fraction of sp³-hybridized carbons (Fsp3) is 0.632. The van der Waals surface area contributed by atoms with Crippen LogP contribution in [0.25, 0.3) is 0 Å². The molecule has 1 amide bonds. The summed E-state index contributed by atoms with van der Waals surface area (Å²) in [5, 5.41) is 6.50. The molecule has 1 heterocycles. The van der Waals surface area contributed by atoms with Crippen LogP contribution in [-0.2, 0) is 11.2 Å². The van der Waals surface area contributed by atoms with Crippen molar-refractivity contribution in [3.8, 4) is 0 Å². The first-order chi connectivity index (χ1) is 11.2. The molecule has 25 heavy (non-hydrogen) atoms. The highest BCUT2D eigenvalue weighted by atomic mass is 35.5. The third kappa shape index (κ3) is 7.95. The van der Waals surface area contributed by atoms with E-state index in [0.29, 0.717) is 12.6 Å². The Labute approximate surface area is 164 Å². The fourth-order valence-corrected chi connectivity index (χ4v) is 3.37. The highest BCUT2D eigenvalue weighted by Gasteiger charge is 2.22. The first-order valence-electron chi connectivity index (χ1n) is 9.03. The zero-order chi connectivity index (χ0) is 16.5. The monoisotopic (exact) mass is 389 g/mol. The summed E-state index contributed by atoms with van der Waals surface area (Å²) in [5.41, 5.74) is 1.33. The molecule has 6 heteroatoms. The number of carbonyl (C=O) groups excluding carboxylic acids is 1. The zero-order valence-corrected chi connectivity index (χ0v) is 17.0. The van der Waals surface area contributed by atoms with E-state index in [1.807, 2.05) is 6.07 Å². The number of nitrogens with one attached hydrogen (secondary N) is 2. The van der Waals surface area contributed by atoms with Crippen molar-refractivity contribution < 1.29 is 4.79 Å². The molecule has 0 saturated carbocycles. The maximum Gasteiger partial charge on any atom is 0.237 e. The molecule has 1 aromatic rings. The van der Waals surface area contributed by atoms with Crippen LogP contribution in [0.3, 0.4) is 0 Å². The summed E-state index contributed by atoms with van der Waals surface area (Å²) >= 11 is 0. The van der Waals surface area contributed by atoms with E-state index >= 15 is 0 Å². The van der Waals surface area contributed by atoms with Gasteiger partial charge in [-0.25, -0.2) is 0 Å². The topological polar surface area (TPSA) is 44.4 Å². The molecule has 0 spiro atoms. The molecule has 0 aromatic heterocycles. The van der Waals surface area contributed by atoms with E-state index in [0.717, 1.165) is 38.9 Å². The Morgan fingerprint density at radius 3 is 2.44 bits per heavy atom. The standard InChI is InChI=1S/C19H31N3O.2ClH/c1-3-22(4-2)17(14-16-10-6-5-7-11-16)15-21-19(23)18-12-8-9-13-20-18;;/h5-7,10-11,17-18,20H,3-4,8-9,12-15H2,1-2H3,(H,21,23);2*1H. The average Bonchev–Trinajstić information content (AvgIpc) is 2.62. The van der Waals surface area contributed by atoms with Gasteiger partial charge in [-0.2, -0.15) is 0 Å². The highest BCUT2D eigenvalue weighted by Crippen LogP contribution is 2.10. The lowest BCUT2D eigenvalue weighted by molar-refractivity contribution is -0.123. The summed E-state index contributed by atoms with van der Waals surface area (Å²) in [6.45, 7) is 8.06. The van der Waals surface area contributed by atoms with Crippen molar-refractivity contribution >= 4 is 30.7 Å². The van der Waals surface area contributed by atoms with Gasteiger partial charge in [0.25, 0.3) is 0 Å². The SMILES string of the molecule is CCN(CC)C(CNC(=O)C1CCCCN1)Cc1ccccc1.Cl.Cl. The number of likely N-dealkylation sites (N-methyl/N-ethyl adjacent to an activating group) is 1. The minimum atomic E-state index is -0.00201. The molecule has 1 fully saturated rings. The van der Waals surface area contributed by atoms with Crippen molar-refractivity contribution in [1.82, 2.24) is 15.5 Å². The molecule has 1 aliphatic heterocycles. The number of benzene rings is 1. The lowest BCUT2D eigenvalue weighted by Gasteiger charge is -2.31. The lowest BCUT2D eigenvalue weighted by Crippen LogP contribution is -2.51. The van der Waals surface area contributed by atoms with E-state index in [1.165, 1.54) is 12.0 Å². The summed E-state index contributed by atoms with van der Waals surface area (Å²) in [4.78, 5) is 14.8. The fourth-order valence-electron chi connectivity index (χ4n) is 3.37.